The summed E-state index contributed by atoms with van der Waals surface area (Å²) in [5.41, 5.74) is 3.21. The number of aliphatic carboxylic acids is 1. The average molecular weight is 467 g/mol. The minimum Gasteiger partial charge on any atom is -0.480 e. The molecule has 182 valence electrons. The first-order valence-electron chi connectivity index (χ1n) is 11.9. The van der Waals surface area contributed by atoms with E-state index in [1.165, 1.54) is 0 Å². The van der Waals surface area contributed by atoms with Crippen LogP contribution in [0.4, 0.5) is 4.79 Å². The monoisotopic (exact) mass is 466 g/mol. The number of carbonyl (C=O) groups excluding carboxylic acids is 2. The summed E-state index contributed by atoms with van der Waals surface area (Å²) in [7, 11) is 0. The number of carboxylic acids is 1. The topological polar surface area (TPSA) is 105 Å². The number of hydrogen-bond acceptors (Lipinski definition) is 4. The van der Waals surface area contributed by atoms with E-state index < -0.39 is 29.6 Å². The summed E-state index contributed by atoms with van der Waals surface area (Å²) in [6, 6.07) is 15.1. The molecule has 2 aromatic rings. The van der Waals surface area contributed by atoms with Gasteiger partial charge in [-0.25, -0.2) is 9.59 Å². The van der Waals surface area contributed by atoms with Crippen LogP contribution in [0, 0.1) is 5.92 Å². The molecule has 0 radical (unpaired) electrons. The van der Waals surface area contributed by atoms with Gasteiger partial charge in [-0.2, -0.15) is 0 Å². The van der Waals surface area contributed by atoms with Crippen LogP contribution in [0.2, 0.25) is 0 Å². The number of amides is 2. The summed E-state index contributed by atoms with van der Waals surface area (Å²) in [6.07, 6.45) is 0.497. The Morgan fingerprint density at radius 1 is 0.971 bits per heavy atom. The number of rotatable bonds is 10. The molecule has 3 N–H and O–H groups in total. The molecular formula is C27H34N2O5. The SMILES string of the molecule is CCC(C)C(NC(=O)C(CC)(CC)NC(=O)OCC1c2ccccc2-c2ccccc21)C(=O)O. The number of benzene rings is 2. The van der Waals surface area contributed by atoms with Crippen molar-refractivity contribution in [1.82, 2.24) is 10.6 Å². The molecule has 0 aliphatic heterocycles. The van der Waals surface area contributed by atoms with Crippen molar-refractivity contribution in [3.8, 4) is 11.1 Å². The van der Waals surface area contributed by atoms with Crippen molar-refractivity contribution >= 4 is 18.0 Å². The second-order valence-electron chi connectivity index (χ2n) is 8.91. The molecule has 2 aromatic carbocycles. The zero-order valence-corrected chi connectivity index (χ0v) is 20.3. The van der Waals surface area contributed by atoms with Crippen molar-refractivity contribution in [2.45, 2.75) is 64.5 Å². The summed E-state index contributed by atoms with van der Waals surface area (Å²) in [5.74, 6) is -1.95. The largest absolute Gasteiger partial charge is 0.480 e. The lowest BCUT2D eigenvalue weighted by molar-refractivity contribution is -0.144. The van der Waals surface area contributed by atoms with E-state index in [4.69, 9.17) is 4.74 Å². The predicted molar refractivity (Wildman–Crippen MR) is 131 cm³/mol. The molecule has 0 bridgehead atoms. The normalized spacial score (nSPS) is 14.5. The van der Waals surface area contributed by atoms with Crippen molar-refractivity contribution in [2.24, 2.45) is 5.92 Å². The third kappa shape index (κ3) is 4.93. The molecule has 34 heavy (non-hydrogen) atoms. The maximum atomic E-state index is 13.1. The van der Waals surface area contributed by atoms with Crippen molar-refractivity contribution in [3.63, 3.8) is 0 Å². The summed E-state index contributed by atoms with van der Waals surface area (Å²) in [5, 5.41) is 14.9. The van der Waals surface area contributed by atoms with Gasteiger partial charge in [-0.1, -0.05) is 82.6 Å². The maximum absolute atomic E-state index is 13.1. The molecular weight excluding hydrogens is 432 g/mol. The number of fused-ring (bicyclic) bond motifs is 3. The van der Waals surface area contributed by atoms with Crippen molar-refractivity contribution in [2.75, 3.05) is 6.61 Å². The van der Waals surface area contributed by atoms with Crippen LogP contribution >= 0.6 is 0 Å². The van der Waals surface area contributed by atoms with Gasteiger partial charge in [0.15, 0.2) is 0 Å². The third-order valence-electron chi connectivity index (χ3n) is 7.09. The Bertz CT molecular complexity index is 1000. The van der Waals surface area contributed by atoms with E-state index >= 15 is 0 Å². The molecule has 0 saturated carbocycles. The van der Waals surface area contributed by atoms with Gasteiger partial charge in [0.1, 0.15) is 18.2 Å². The second kappa shape index (κ2) is 10.7. The Hall–Kier alpha value is -3.35. The number of alkyl carbamates (subject to hydrolysis) is 1. The third-order valence-corrected chi connectivity index (χ3v) is 7.09. The van der Waals surface area contributed by atoms with Crippen LogP contribution in [0.5, 0.6) is 0 Å². The maximum Gasteiger partial charge on any atom is 0.408 e. The van der Waals surface area contributed by atoms with Crippen LogP contribution in [0.25, 0.3) is 11.1 Å². The average Bonchev–Trinajstić information content (AvgIpc) is 3.17. The molecule has 7 heteroatoms. The van der Waals surface area contributed by atoms with Gasteiger partial charge in [-0.05, 0) is 41.0 Å². The molecule has 7 nitrogen and oxygen atoms in total. The fourth-order valence-corrected chi connectivity index (χ4v) is 4.60. The van der Waals surface area contributed by atoms with E-state index in [1.54, 1.807) is 20.8 Å². The van der Waals surface area contributed by atoms with Crippen molar-refractivity contribution in [3.05, 3.63) is 59.7 Å². The molecule has 0 spiro atoms. The minimum absolute atomic E-state index is 0.0913. The van der Waals surface area contributed by atoms with Gasteiger partial charge in [-0.15, -0.1) is 0 Å². The van der Waals surface area contributed by atoms with Crippen LogP contribution in [0.15, 0.2) is 48.5 Å². The zero-order chi connectivity index (χ0) is 24.9. The number of hydrogen-bond donors (Lipinski definition) is 3. The molecule has 0 fully saturated rings. The molecule has 1 aliphatic carbocycles. The molecule has 2 atom stereocenters. The van der Waals surface area contributed by atoms with E-state index in [2.05, 4.69) is 22.8 Å². The molecule has 0 saturated heterocycles. The lowest BCUT2D eigenvalue weighted by Crippen LogP contribution is -2.61. The van der Waals surface area contributed by atoms with Gasteiger partial charge in [0.05, 0.1) is 0 Å². The predicted octanol–water partition coefficient (Wildman–Crippen LogP) is 4.70. The molecule has 2 unspecified atom stereocenters. The van der Waals surface area contributed by atoms with Crippen LogP contribution in [-0.2, 0) is 14.3 Å². The standard InChI is InChI=1S/C27H34N2O5/c1-5-17(4)23(24(30)31)28-25(32)27(6-2,7-3)29-26(33)34-16-22-20-14-10-8-12-18(20)19-13-9-11-15-21(19)22/h8-15,17,22-23H,5-7,16H2,1-4H3,(H,28,32)(H,29,33)(H,30,31). The van der Waals surface area contributed by atoms with Crippen LogP contribution in [0.3, 0.4) is 0 Å². The van der Waals surface area contributed by atoms with Gasteiger partial charge in [0.25, 0.3) is 0 Å². The fourth-order valence-electron chi connectivity index (χ4n) is 4.60. The Morgan fingerprint density at radius 2 is 1.50 bits per heavy atom. The first-order chi connectivity index (χ1) is 16.3. The minimum atomic E-state index is -1.26. The van der Waals surface area contributed by atoms with E-state index in [1.807, 2.05) is 43.3 Å². The Morgan fingerprint density at radius 3 is 1.97 bits per heavy atom. The summed E-state index contributed by atoms with van der Waals surface area (Å²) < 4.78 is 5.62. The Balaban J connectivity index is 1.72. The van der Waals surface area contributed by atoms with Gasteiger partial charge >= 0.3 is 12.1 Å². The molecule has 0 aromatic heterocycles. The molecule has 1 aliphatic rings. The highest BCUT2D eigenvalue weighted by Crippen LogP contribution is 2.44. The van der Waals surface area contributed by atoms with Gasteiger partial charge in [0.2, 0.25) is 5.91 Å². The summed E-state index contributed by atoms with van der Waals surface area (Å²) in [6.45, 7) is 7.35. The highest BCUT2D eigenvalue weighted by molar-refractivity contribution is 5.92. The highest BCUT2D eigenvalue weighted by Gasteiger charge is 2.40. The van der Waals surface area contributed by atoms with Gasteiger partial charge in [-0.3, -0.25) is 4.79 Å². The van der Waals surface area contributed by atoms with Crippen LogP contribution in [-0.4, -0.2) is 41.3 Å². The van der Waals surface area contributed by atoms with E-state index in [0.29, 0.717) is 19.3 Å². The zero-order valence-electron chi connectivity index (χ0n) is 20.3. The first-order valence-corrected chi connectivity index (χ1v) is 11.9. The van der Waals surface area contributed by atoms with Crippen LogP contribution < -0.4 is 10.6 Å². The number of nitrogens with one attached hydrogen (secondary N) is 2. The number of carbonyl (C=O) groups is 3. The fraction of sp³-hybridized carbons (Fsp3) is 0.444. The van der Waals surface area contributed by atoms with Crippen molar-refractivity contribution < 1.29 is 24.2 Å². The summed E-state index contributed by atoms with van der Waals surface area (Å²) in [4.78, 5) is 37.7. The molecule has 2 amide bonds. The number of ether oxygens (including phenoxy) is 1. The highest BCUT2D eigenvalue weighted by atomic mass is 16.5. The lowest BCUT2D eigenvalue weighted by atomic mass is 9.90. The second-order valence-corrected chi connectivity index (χ2v) is 8.91. The smallest absolute Gasteiger partial charge is 0.408 e. The Labute approximate surface area is 200 Å². The first kappa shape index (κ1) is 25.3. The Kier molecular flexibility index (Phi) is 7.97. The molecule has 0 heterocycles. The van der Waals surface area contributed by atoms with E-state index in [-0.39, 0.29) is 18.4 Å². The van der Waals surface area contributed by atoms with Gasteiger partial charge in [0, 0.05) is 5.92 Å². The summed E-state index contributed by atoms with van der Waals surface area (Å²) >= 11 is 0. The lowest BCUT2D eigenvalue weighted by Gasteiger charge is -2.33. The van der Waals surface area contributed by atoms with E-state index in [9.17, 15) is 19.5 Å². The van der Waals surface area contributed by atoms with Crippen LogP contribution in [0.1, 0.15) is 64.0 Å². The molecule has 3 rings (SSSR count). The van der Waals surface area contributed by atoms with Gasteiger partial charge < -0.3 is 20.5 Å². The quantitative estimate of drug-likeness (QED) is 0.471. The van der Waals surface area contributed by atoms with E-state index in [0.717, 1.165) is 22.3 Å². The van der Waals surface area contributed by atoms with Crippen molar-refractivity contribution in [1.29, 1.82) is 0 Å². The number of carboxylic acid groups (broad SMARTS) is 1.